The Balaban J connectivity index is 1.88. The Kier molecular flexibility index (Phi) is 4.25. The van der Waals surface area contributed by atoms with Crippen LogP contribution < -0.4 is 4.90 Å². The van der Waals surface area contributed by atoms with Gasteiger partial charge in [-0.3, -0.25) is 4.79 Å². The quantitative estimate of drug-likeness (QED) is 0.928. The number of rotatable bonds is 3. The van der Waals surface area contributed by atoms with Gasteiger partial charge in [0.05, 0.1) is 11.8 Å². The molecule has 0 radical (unpaired) electrons. The molecule has 3 rings (SSSR count). The molecule has 1 aliphatic heterocycles. The van der Waals surface area contributed by atoms with Crippen molar-refractivity contribution in [2.24, 2.45) is 0 Å². The fourth-order valence-corrected chi connectivity index (χ4v) is 2.67. The van der Waals surface area contributed by atoms with E-state index >= 15 is 0 Å². The molecule has 120 valence electrons. The van der Waals surface area contributed by atoms with Crippen LogP contribution in [-0.2, 0) is 0 Å². The summed E-state index contributed by atoms with van der Waals surface area (Å²) in [7, 11) is 3.84. The van der Waals surface area contributed by atoms with Crippen LogP contribution in [0.1, 0.15) is 16.8 Å². The molecule has 1 aliphatic rings. The molecule has 0 saturated carbocycles. The number of benzene rings is 1. The van der Waals surface area contributed by atoms with E-state index < -0.39 is 6.10 Å². The van der Waals surface area contributed by atoms with Gasteiger partial charge in [-0.2, -0.15) is 0 Å². The summed E-state index contributed by atoms with van der Waals surface area (Å²) in [5.41, 5.74) is 2.27. The van der Waals surface area contributed by atoms with Crippen molar-refractivity contribution in [1.82, 2.24) is 14.9 Å². The molecule has 2 heterocycles. The standard InChI is InChI=1S/C17H20N4O2/c1-20(2)16-9-15(18-11-19-16)12-4-3-5-13(8-12)17(23)21-7-6-14(22)10-21/h3-5,8-9,11,14,22H,6-7,10H2,1-2H3/t14-/m1/s1. The van der Waals surface area contributed by atoms with Crippen LogP contribution in [0.5, 0.6) is 0 Å². The van der Waals surface area contributed by atoms with Crippen molar-refractivity contribution in [3.63, 3.8) is 0 Å². The molecule has 0 bridgehead atoms. The molecule has 23 heavy (non-hydrogen) atoms. The van der Waals surface area contributed by atoms with Gasteiger partial charge in [-0.05, 0) is 18.6 Å². The maximum atomic E-state index is 12.5. The number of amides is 1. The number of β-amino-alcohol motifs (C(OH)–C–C–N with tert-alkyl or cyclic N) is 1. The van der Waals surface area contributed by atoms with Crippen molar-refractivity contribution < 1.29 is 9.90 Å². The number of hydrogen-bond acceptors (Lipinski definition) is 5. The maximum Gasteiger partial charge on any atom is 0.253 e. The minimum atomic E-state index is -0.411. The minimum Gasteiger partial charge on any atom is -0.391 e. The summed E-state index contributed by atoms with van der Waals surface area (Å²) >= 11 is 0. The zero-order valence-corrected chi connectivity index (χ0v) is 13.3. The zero-order valence-electron chi connectivity index (χ0n) is 13.3. The Hall–Kier alpha value is -2.47. The first-order valence-corrected chi connectivity index (χ1v) is 7.62. The lowest BCUT2D eigenvalue weighted by Gasteiger charge is -2.16. The molecular weight excluding hydrogens is 292 g/mol. The Bertz CT molecular complexity index is 717. The minimum absolute atomic E-state index is 0.0507. The van der Waals surface area contributed by atoms with Gasteiger partial charge in [-0.25, -0.2) is 9.97 Å². The Morgan fingerprint density at radius 1 is 1.30 bits per heavy atom. The highest BCUT2D eigenvalue weighted by molar-refractivity contribution is 5.95. The molecule has 1 saturated heterocycles. The first-order chi connectivity index (χ1) is 11.0. The molecule has 0 spiro atoms. The van der Waals surface area contributed by atoms with Crippen molar-refractivity contribution in [1.29, 1.82) is 0 Å². The van der Waals surface area contributed by atoms with Crippen LogP contribution in [0, 0.1) is 0 Å². The van der Waals surface area contributed by atoms with Gasteiger partial charge in [0.15, 0.2) is 0 Å². The molecule has 1 amide bonds. The highest BCUT2D eigenvalue weighted by Gasteiger charge is 2.25. The van der Waals surface area contributed by atoms with Gasteiger partial charge in [0.25, 0.3) is 5.91 Å². The van der Waals surface area contributed by atoms with E-state index in [1.54, 1.807) is 11.0 Å². The third-order valence-electron chi connectivity index (χ3n) is 3.97. The van der Waals surface area contributed by atoms with Crippen LogP contribution in [0.25, 0.3) is 11.3 Å². The molecule has 0 unspecified atom stereocenters. The highest BCUT2D eigenvalue weighted by atomic mass is 16.3. The number of aliphatic hydroxyl groups is 1. The zero-order chi connectivity index (χ0) is 16.4. The lowest BCUT2D eigenvalue weighted by molar-refractivity contribution is 0.0765. The van der Waals surface area contributed by atoms with Crippen LogP contribution in [0.2, 0.25) is 0 Å². The van der Waals surface area contributed by atoms with Gasteiger partial charge in [-0.15, -0.1) is 0 Å². The van der Waals surface area contributed by atoms with E-state index in [4.69, 9.17) is 0 Å². The highest BCUT2D eigenvalue weighted by Crippen LogP contribution is 2.22. The average Bonchev–Trinajstić information content (AvgIpc) is 3.01. The summed E-state index contributed by atoms with van der Waals surface area (Å²) in [6.45, 7) is 1.00. The number of likely N-dealkylation sites (tertiary alicyclic amines) is 1. The second-order valence-corrected chi connectivity index (χ2v) is 5.93. The number of carbonyl (C=O) groups is 1. The first kappa shape index (κ1) is 15.4. The van der Waals surface area contributed by atoms with Gasteiger partial charge in [0, 0.05) is 44.4 Å². The molecule has 1 aromatic heterocycles. The molecule has 2 aromatic rings. The molecular formula is C17H20N4O2. The Morgan fingerprint density at radius 2 is 2.13 bits per heavy atom. The predicted molar refractivity (Wildman–Crippen MR) is 88.3 cm³/mol. The van der Waals surface area contributed by atoms with Crippen molar-refractivity contribution in [3.05, 3.63) is 42.2 Å². The summed E-state index contributed by atoms with van der Waals surface area (Å²) < 4.78 is 0. The maximum absolute atomic E-state index is 12.5. The van der Waals surface area contributed by atoms with Gasteiger partial charge < -0.3 is 14.9 Å². The van der Waals surface area contributed by atoms with E-state index in [2.05, 4.69) is 9.97 Å². The Labute approximate surface area is 135 Å². The second-order valence-electron chi connectivity index (χ2n) is 5.93. The fourth-order valence-electron chi connectivity index (χ4n) is 2.67. The number of aromatic nitrogens is 2. The fraction of sp³-hybridized carbons (Fsp3) is 0.353. The monoisotopic (exact) mass is 312 g/mol. The van der Waals surface area contributed by atoms with Gasteiger partial charge in [0.1, 0.15) is 12.1 Å². The van der Waals surface area contributed by atoms with Crippen molar-refractivity contribution in [3.8, 4) is 11.3 Å². The topological polar surface area (TPSA) is 69.6 Å². The summed E-state index contributed by atoms with van der Waals surface area (Å²) in [6.07, 6.45) is 1.76. The van der Waals surface area contributed by atoms with E-state index in [0.717, 1.165) is 17.1 Å². The number of carbonyl (C=O) groups excluding carboxylic acids is 1. The molecule has 6 nitrogen and oxygen atoms in total. The SMILES string of the molecule is CN(C)c1cc(-c2cccc(C(=O)N3CC[C@@H](O)C3)c2)ncn1. The lowest BCUT2D eigenvalue weighted by atomic mass is 10.1. The van der Waals surface area contributed by atoms with Crippen molar-refractivity contribution in [2.45, 2.75) is 12.5 Å². The largest absolute Gasteiger partial charge is 0.391 e. The molecule has 6 heteroatoms. The van der Waals surface area contributed by atoms with E-state index in [0.29, 0.717) is 25.1 Å². The van der Waals surface area contributed by atoms with Crippen molar-refractivity contribution in [2.75, 3.05) is 32.1 Å². The normalized spacial score (nSPS) is 17.3. The average molecular weight is 312 g/mol. The third-order valence-corrected chi connectivity index (χ3v) is 3.97. The van der Waals surface area contributed by atoms with Gasteiger partial charge in [0.2, 0.25) is 0 Å². The number of hydrogen-bond donors (Lipinski definition) is 1. The van der Waals surface area contributed by atoms with Crippen LogP contribution in [-0.4, -0.2) is 59.2 Å². The second kappa shape index (κ2) is 6.34. The number of anilines is 1. The van der Waals surface area contributed by atoms with E-state index in [1.165, 1.54) is 6.33 Å². The van der Waals surface area contributed by atoms with E-state index in [1.807, 2.05) is 43.3 Å². The molecule has 0 aliphatic carbocycles. The summed E-state index contributed by atoms with van der Waals surface area (Å²) in [6, 6.07) is 9.31. The summed E-state index contributed by atoms with van der Waals surface area (Å²) in [5, 5.41) is 9.60. The molecule has 1 N–H and O–H groups in total. The van der Waals surface area contributed by atoms with Crippen LogP contribution in [0.3, 0.4) is 0 Å². The number of aliphatic hydroxyl groups excluding tert-OH is 1. The Morgan fingerprint density at radius 3 is 2.83 bits per heavy atom. The van der Waals surface area contributed by atoms with Crippen LogP contribution in [0.15, 0.2) is 36.7 Å². The van der Waals surface area contributed by atoms with Crippen LogP contribution >= 0.6 is 0 Å². The predicted octanol–water partition coefficient (Wildman–Crippen LogP) is 1.42. The summed E-state index contributed by atoms with van der Waals surface area (Å²) in [4.78, 5) is 24.6. The summed E-state index contributed by atoms with van der Waals surface area (Å²) in [5.74, 6) is 0.764. The van der Waals surface area contributed by atoms with Gasteiger partial charge in [-0.1, -0.05) is 12.1 Å². The van der Waals surface area contributed by atoms with Crippen molar-refractivity contribution >= 4 is 11.7 Å². The first-order valence-electron chi connectivity index (χ1n) is 7.62. The molecule has 1 atom stereocenters. The van der Waals surface area contributed by atoms with E-state index in [9.17, 15) is 9.90 Å². The lowest BCUT2D eigenvalue weighted by Crippen LogP contribution is -2.29. The third kappa shape index (κ3) is 3.32. The smallest absolute Gasteiger partial charge is 0.253 e. The molecule has 1 aromatic carbocycles. The van der Waals surface area contributed by atoms with Crippen LogP contribution in [0.4, 0.5) is 5.82 Å². The molecule has 1 fully saturated rings. The van der Waals surface area contributed by atoms with Gasteiger partial charge >= 0.3 is 0 Å². The number of nitrogens with zero attached hydrogens (tertiary/aromatic N) is 4. The van der Waals surface area contributed by atoms with E-state index in [-0.39, 0.29) is 5.91 Å².